The number of rotatable bonds is 5. The molecule has 0 spiro atoms. The molecule has 1 aromatic heterocycles. The third-order valence-electron chi connectivity index (χ3n) is 4.68. The van der Waals surface area contributed by atoms with E-state index in [1.807, 2.05) is 0 Å². The van der Waals surface area contributed by atoms with Gasteiger partial charge in [-0.2, -0.15) is 17.9 Å². The van der Waals surface area contributed by atoms with Gasteiger partial charge in [0.2, 0.25) is 0 Å². The van der Waals surface area contributed by atoms with Gasteiger partial charge in [-0.3, -0.25) is 15.1 Å². The molecule has 1 unspecified atom stereocenters. The molecule has 0 amide bonds. The second-order valence-corrected chi connectivity index (χ2v) is 8.79. The van der Waals surface area contributed by atoms with Crippen LogP contribution >= 0.6 is 11.6 Å². The number of nitrogens with zero attached hydrogens (tertiary/aromatic N) is 4. The van der Waals surface area contributed by atoms with Crippen molar-refractivity contribution in [2.45, 2.75) is 17.4 Å². The van der Waals surface area contributed by atoms with E-state index < -0.39 is 21.0 Å². The summed E-state index contributed by atoms with van der Waals surface area (Å²) < 4.78 is 27.7. The van der Waals surface area contributed by atoms with Gasteiger partial charge in [0.05, 0.1) is 27.3 Å². The van der Waals surface area contributed by atoms with Gasteiger partial charge >= 0.3 is 0 Å². The topological polar surface area (TPSA) is 106 Å². The van der Waals surface area contributed by atoms with Crippen molar-refractivity contribution in [3.63, 3.8) is 0 Å². The van der Waals surface area contributed by atoms with Gasteiger partial charge < -0.3 is 0 Å². The van der Waals surface area contributed by atoms with Gasteiger partial charge in [-0.25, -0.2) is 0 Å². The Bertz CT molecular complexity index is 1210. The largest absolute Gasteiger partial charge is 0.279 e. The van der Waals surface area contributed by atoms with Crippen LogP contribution in [0.25, 0.3) is 0 Å². The number of aromatic nitrogens is 1. The number of sulfonamides is 1. The van der Waals surface area contributed by atoms with Crippen LogP contribution in [0.15, 0.2) is 82.9 Å². The molecule has 0 radical (unpaired) electrons. The number of hydrazone groups is 1. The quantitative estimate of drug-likeness (QED) is 0.435. The highest BCUT2D eigenvalue weighted by atomic mass is 35.5. The zero-order valence-electron chi connectivity index (χ0n) is 15.4. The molecular formula is C20H15ClN4O4S. The fraction of sp³-hybridized carbons (Fsp3) is 0.100. The Labute approximate surface area is 177 Å². The number of halogens is 1. The van der Waals surface area contributed by atoms with Crippen molar-refractivity contribution in [2.75, 3.05) is 0 Å². The highest BCUT2D eigenvalue weighted by Gasteiger charge is 2.38. The molecule has 0 saturated heterocycles. The second-order valence-electron chi connectivity index (χ2n) is 6.56. The van der Waals surface area contributed by atoms with Crippen LogP contribution in [0, 0.1) is 10.1 Å². The minimum Gasteiger partial charge on any atom is -0.258 e. The number of hydrogen-bond acceptors (Lipinski definition) is 6. The van der Waals surface area contributed by atoms with Crippen molar-refractivity contribution >= 4 is 33.0 Å². The van der Waals surface area contributed by atoms with E-state index in [2.05, 4.69) is 10.1 Å². The first kappa shape index (κ1) is 20.0. The normalized spacial score (nSPS) is 16.4. The Morgan fingerprint density at radius 1 is 1.03 bits per heavy atom. The molecule has 2 heterocycles. The average molecular weight is 443 g/mol. The Morgan fingerprint density at radius 2 is 1.73 bits per heavy atom. The van der Waals surface area contributed by atoms with E-state index in [0.717, 1.165) is 22.1 Å². The van der Waals surface area contributed by atoms with Crippen molar-refractivity contribution in [1.82, 2.24) is 9.40 Å². The number of hydrogen-bond donors (Lipinski definition) is 0. The van der Waals surface area contributed by atoms with Gasteiger partial charge in [-0.15, -0.1) is 0 Å². The van der Waals surface area contributed by atoms with Crippen LogP contribution in [0.3, 0.4) is 0 Å². The van der Waals surface area contributed by atoms with E-state index in [0.29, 0.717) is 22.8 Å². The third kappa shape index (κ3) is 3.77. The van der Waals surface area contributed by atoms with Crippen LogP contribution in [-0.2, 0) is 10.0 Å². The van der Waals surface area contributed by atoms with Crippen LogP contribution < -0.4 is 0 Å². The molecular weight excluding hydrogens is 428 g/mol. The molecule has 0 N–H and O–H groups in total. The number of pyridine rings is 1. The molecule has 0 aliphatic carbocycles. The number of non-ortho nitro benzene ring substituents is 1. The lowest BCUT2D eigenvalue weighted by Gasteiger charge is -2.23. The average Bonchev–Trinajstić information content (AvgIpc) is 3.21. The second kappa shape index (κ2) is 7.85. The van der Waals surface area contributed by atoms with Gasteiger partial charge in [-0.05, 0) is 42.0 Å². The van der Waals surface area contributed by atoms with Crippen molar-refractivity contribution in [2.24, 2.45) is 5.10 Å². The molecule has 152 valence electrons. The molecule has 4 rings (SSSR count). The van der Waals surface area contributed by atoms with Crippen molar-refractivity contribution in [3.05, 3.63) is 99.3 Å². The van der Waals surface area contributed by atoms with E-state index >= 15 is 0 Å². The summed E-state index contributed by atoms with van der Waals surface area (Å²) in [5.74, 6) is 0. The minimum absolute atomic E-state index is 0.0851. The lowest BCUT2D eigenvalue weighted by Crippen LogP contribution is -2.27. The molecule has 1 atom stereocenters. The van der Waals surface area contributed by atoms with E-state index in [4.69, 9.17) is 11.6 Å². The summed E-state index contributed by atoms with van der Waals surface area (Å²) in [4.78, 5) is 14.5. The predicted octanol–water partition coefficient (Wildman–Crippen LogP) is 4.18. The Morgan fingerprint density at radius 3 is 2.33 bits per heavy atom. The van der Waals surface area contributed by atoms with Gasteiger partial charge in [-0.1, -0.05) is 29.8 Å². The van der Waals surface area contributed by atoms with Crippen molar-refractivity contribution in [3.8, 4) is 0 Å². The molecule has 0 saturated carbocycles. The summed E-state index contributed by atoms with van der Waals surface area (Å²) in [5, 5.41) is 15.8. The first-order valence-electron chi connectivity index (χ1n) is 8.89. The third-order valence-corrected chi connectivity index (χ3v) is 6.63. The molecule has 1 aliphatic heterocycles. The van der Waals surface area contributed by atoms with E-state index in [1.165, 1.54) is 12.1 Å². The lowest BCUT2D eigenvalue weighted by atomic mass is 10.0. The maximum absolute atomic E-state index is 13.3. The van der Waals surface area contributed by atoms with E-state index in [9.17, 15) is 18.5 Å². The van der Waals surface area contributed by atoms with Crippen LogP contribution in [0.2, 0.25) is 5.02 Å². The predicted molar refractivity (Wildman–Crippen MR) is 112 cm³/mol. The fourth-order valence-corrected chi connectivity index (χ4v) is 4.74. The van der Waals surface area contributed by atoms with Crippen molar-refractivity contribution < 1.29 is 13.3 Å². The first-order chi connectivity index (χ1) is 14.4. The molecule has 2 aromatic carbocycles. The zero-order valence-corrected chi connectivity index (χ0v) is 17.0. The number of nitro groups is 1. The summed E-state index contributed by atoms with van der Waals surface area (Å²) >= 11 is 5.98. The zero-order chi connectivity index (χ0) is 21.3. The summed E-state index contributed by atoms with van der Waals surface area (Å²) in [6, 6.07) is 16.3. The van der Waals surface area contributed by atoms with Crippen LogP contribution in [-0.4, -0.2) is 28.5 Å². The number of nitro benzene ring substituents is 1. The first-order valence-corrected chi connectivity index (χ1v) is 10.7. The smallest absolute Gasteiger partial charge is 0.258 e. The van der Waals surface area contributed by atoms with Gasteiger partial charge in [0.1, 0.15) is 0 Å². The molecule has 1 aliphatic rings. The van der Waals surface area contributed by atoms with Gasteiger partial charge in [0, 0.05) is 29.8 Å². The molecule has 3 aromatic rings. The summed E-state index contributed by atoms with van der Waals surface area (Å²) in [7, 11) is -4.07. The Hall–Kier alpha value is -3.30. The molecule has 30 heavy (non-hydrogen) atoms. The van der Waals surface area contributed by atoms with Crippen LogP contribution in [0.5, 0.6) is 0 Å². The monoisotopic (exact) mass is 442 g/mol. The van der Waals surface area contributed by atoms with Crippen LogP contribution in [0.1, 0.15) is 23.7 Å². The lowest BCUT2D eigenvalue weighted by molar-refractivity contribution is -0.384. The fourth-order valence-electron chi connectivity index (χ4n) is 3.18. The maximum Gasteiger partial charge on any atom is 0.279 e. The van der Waals surface area contributed by atoms with Gasteiger partial charge in [0.25, 0.3) is 15.7 Å². The maximum atomic E-state index is 13.3. The van der Waals surface area contributed by atoms with Crippen molar-refractivity contribution in [1.29, 1.82) is 0 Å². The highest BCUT2D eigenvalue weighted by Crippen LogP contribution is 2.37. The van der Waals surface area contributed by atoms with Crippen LogP contribution in [0.4, 0.5) is 5.69 Å². The molecule has 10 heteroatoms. The molecule has 0 bridgehead atoms. The standard InChI is InChI=1S/C20H15ClN4O4S/c21-15-6-4-14(5-7-15)20-13-19(18-3-1-2-12-22-18)23-24(20)30(28,29)17-10-8-16(9-11-17)25(26)27/h1-12,20H,13H2. The van der Waals surface area contributed by atoms with E-state index in [1.54, 1.807) is 48.7 Å². The summed E-state index contributed by atoms with van der Waals surface area (Å²) in [6.45, 7) is 0. The SMILES string of the molecule is O=[N+]([O-])c1ccc(S(=O)(=O)N2N=C(c3ccccn3)CC2c2ccc(Cl)cc2)cc1. The molecule has 0 fully saturated rings. The Balaban J connectivity index is 1.78. The minimum atomic E-state index is -4.07. The summed E-state index contributed by atoms with van der Waals surface area (Å²) in [5.41, 5.74) is 1.64. The highest BCUT2D eigenvalue weighted by molar-refractivity contribution is 7.89. The molecule has 8 nitrogen and oxygen atoms in total. The van der Waals surface area contributed by atoms with E-state index in [-0.39, 0.29) is 10.6 Å². The Kier molecular flexibility index (Phi) is 5.23. The number of benzene rings is 2. The van der Waals surface area contributed by atoms with Gasteiger partial charge in [0.15, 0.2) is 0 Å². The summed E-state index contributed by atoms with van der Waals surface area (Å²) in [6.07, 6.45) is 1.94.